The number of rotatable bonds is 5. The molecule has 0 amide bonds. The Hall–Kier alpha value is -3.02. The van der Waals surface area contributed by atoms with Crippen LogP contribution in [0.15, 0.2) is 48.5 Å². The fraction of sp³-hybridized carbons (Fsp3) is 0.333. The Balaban J connectivity index is 2.20. The molecule has 6 nitrogen and oxygen atoms in total. The van der Waals surface area contributed by atoms with E-state index >= 15 is 0 Å². The Labute approximate surface area is 158 Å². The molecule has 0 fully saturated rings. The number of esters is 2. The highest BCUT2D eigenvalue weighted by molar-refractivity contribution is 6.06. The highest BCUT2D eigenvalue weighted by atomic mass is 16.6. The van der Waals surface area contributed by atoms with Crippen molar-refractivity contribution < 1.29 is 23.8 Å². The van der Waals surface area contributed by atoms with Crippen LogP contribution in [-0.4, -0.2) is 30.8 Å². The van der Waals surface area contributed by atoms with Gasteiger partial charge in [-0.3, -0.25) is 0 Å². The van der Waals surface area contributed by atoms with Crippen LogP contribution < -0.4 is 10.1 Å². The van der Waals surface area contributed by atoms with Crippen molar-refractivity contribution >= 4 is 17.6 Å². The minimum Gasteiger partial charge on any atom is -0.462 e. The normalized spacial score (nSPS) is 17.1. The lowest BCUT2D eigenvalue weighted by atomic mass is 9.86. The number of carbonyl (C=O) groups excluding carboxylic acids is 2. The van der Waals surface area contributed by atoms with Crippen LogP contribution in [0.3, 0.4) is 0 Å². The number of carbonyl (C=O) groups is 2. The molecule has 3 rings (SSSR count). The van der Waals surface area contributed by atoms with Crippen molar-refractivity contribution in [2.75, 3.05) is 18.5 Å². The van der Waals surface area contributed by atoms with Gasteiger partial charge in [-0.25, -0.2) is 9.59 Å². The van der Waals surface area contributed by atoms with E-state index in [1.165, 1.54) is 0 Å². The summed E-state index contributed by atoms with van der Waals surface area (Å²) >= 11 is 0. The van der Waals surface area contributed by atoms with Crippen molar-refractivity contribution in [3.8, 4) is 5.75 Å². The summed E-state index contributed by atoms with van der Waals surface area (Å²) in [6.07, 6.45) is 0. The summed E-state index contributed by atoms with van der Waals surface area (Å²) in [5.74, 6) is -1.16. The third-order valence-electron chi connectivity index (χ3n) is 4.40. The molecule has 0 aromatic heterocycles. The molecule has 1 heterocycles. The van der Waals surface area contributed by atoms with Gasteiger partial charge in [0.2, 0.25) is 0 Å². The molecule has 0 bridgehead atoms. The molecule has 1 unspecified atom stereocenters. The zero-order valence-electron chi connectivity index (χ0n) is 15.7. The largest absolute Gasteiger partial charge is 0.462 e. The maximum absolute atomic E-state index is 13.0. The summed E-state index contributed by atoms with van der Waals surface area (Å²) in [4.78, 5) is 26.1. The van der Waals surface area contributed by atoms with Crippen LogP contribution in [-0.2, 0) is 19.1 Å². The molecule has 0 saturated heterocycles. The third kappa shape index (κ3) is 3.35. The molecule has 1 aliphatic heterocycles. The number of ether oxygens (including phenoxy) is 3. The van der Waals surface area contributed by atoms with E-state index in [2.05, 4.69) is 5.32 Å². The molecule has 27 heavy (non-hydrogen) atoms. The smallest absolute Gasteiger partial charge is 0.365 e. The molecular weight excluding hydrogens is 346 g/mol. The number of benzene rings is 2. The molecule has 1 atom stereocenters. The number of hydrogen-bond donors (Lipinski definition) is 1. The summed E-state index contributed by atoms with van der Waals surface area (Å²) in [7, 11) is 0. The van der Waals surface area contributed by atoms with Gasteiger partial charge in [0, 0.05) is 0 Å². The van der Waals surface area contributed by atoms with Crippen molar-refractivity contribution in [3.05, 3.63) is 59.7 Å². The first-order valence-electron chi connectivity index (χ1n) is 8.98. The molecule has 2 aromatic rings. The predicted octanol–water partition coefficient (Wildman–Crippen LogP) is 3.41. The zero-order valence-corrected chi connectivity index (χ0v) is 15.7. The van der Waals surface area contributed by atoms with Gasteiger partial charge in [-0.05, 0) is 44.0 Å². The van der Waals surface area contributed by atoms with Gasteiger partial charge in [-0.15, -0.1) is 0 Å². The van der Waals surface area contributed by atoms with E-state index in [4.69, 9.17) is 14.2 Å². The van der Waals surface area contributed by atoms with Crippen molar-refractivity contribution in [2.45, 2.75) is 32.4 Å². The summed E-state index contributed by atoms with van der Waals surface area (Å²) in [5.41, 5.74) is 0.368. The van der Waals surface area contributed by atoms with Gasteiger partial charge >= 0.3 is 17.5 Å². The van der Waals surface area contributed by atoms with E-state index in [1.54, 1.807) is 19.9 Å². The third-order valence-corrected chi connectivity index (χ3v) is 4.40. The molecule has 0 aliphatic carbocycles. The van der Waals surface area contributed by atoms with E-state index < -0.39 is 23.6 Å². The molecule has 2 aromatic carbocycles. The molecule has 0 radical (unpaired) electrons. The van der Waals surface area contributed by atoms with Crippen molar-refractivity contribution in [2.24, 2.45) is 0 Å². The zero-order chi connectivity index (χ0) is 19.4. The predicted molar refractivity (Wildman–Crippen MR) is 101 cm³/mol. The molecule has 0 spiro atoms. The van der Waals surface area contributed by atoms with Gasteiger partial charge in [0.15, 0.2) is 0 Å². The van der Waals surface area contributed by atoms with Crippen LogP contribution in [0.25, 0.3) is 0 Å². The summed E-state index contributed by atoms with van der Waals surface area (Å²) in [6.45, 7) is 5.51. The number of anilines is 1. The Morgan fingerprint density at radius 1 is 1.04 bits per heavy atom. The lowest BCUT2D eigenvalue weighted by Gasteiger charge is -2.41. The Bertz CT molecular complexity index is 816. The van der Waals surface area contributed by atoms with Crippen molar-refractivity contribution in [1.82, 2.24) is 0 Å². The number of aryl methyl sites for hydroxylation is 1. The van der Waals surface area contributed by atoms with E-state index in [0.29, 0.717) is 17.0 Å². The number of hydrogen-bond acceptors (Lipinski definition) is 6. The van der Waals surface area contributed by atoms with Gasteiger partial charge in [0.05, 0.1) is 18.9 Å². The van der Waals surface area contributed by atoms with Crippen LogP contribution in [0, 0.1) is 6.92 Å². The first kappa shape index (κ1) is 18.8. The van der Waals surface area contributed by atoms with Gasteiger partial charge in [0.1, 0.15) is 11.8 Å². The quantitative estimate of drug-likeness (QED) is 0.643. The van der Waals surface area contributed by atoms with Crippen molar-refractivity contribution in [1.29, 1.82) is 0 Å². The van der Waals surface area contributed by atoms with Crippen LogP contribution in [0.5, 0.6) is 5.75 Å². The van der Waals surface area contributed by atoms with Crippen LogP contribution in [0.1, 0.15) is 31.0 Å². The lowest BCUT2D eigenvalue weighted by molar-refractivity contribution is -0.182. The van der Waals surface area contributed by atoms with Gasteiger partial charge < -0.3 is 19.5 Å². The van der Waals surface area contributed by atoms with Gasteiger partial charge in [0.25, 0.3) is 0 Å². The second kappa shape index (κ2) is 7.70. The topological polar surface area (TPSA) is 73.9 Å². The molecule has 1 aliphatic rings. The second-order valence-corrected chi connectivity index (χ2v) is 6.27. The molecular formula is C21H23NO5. The minimum absolute atomic E-state index is 0.117. The van der Waals surface area contributed by atoms with E-state index in [-0.39, 0.29) is 13.2 Å². The van der Waals surface area contributed by atoms with E-state index in [0.717, 1.165) is 5.56 Å². The molecule has 0 saturated carbocycles. The van der Waals surface area contributed by atoms with E-state index in [1.807, 2.05) is 49.4 Å². The van der Waals surface area contributed by atoms with Gasteiger partial charge in [-0.1, -0.05) is 36.4 Å². The summed E-state index contributed by atoms with van der Waals surface area (Å²) in [6, 6.07) is 14.0. The highest BCUT2D eigenvalue weighted by Crippen LogP contribution is 2.44. The summed E-state index contributed by atoms with van der Waals surface area (Å²) < 4.78 is 16.6. The summed E-state index contributed by atoms with van der Waals surface area (Å²) in [5, 5.41) is 3.28. The molecule has 142 valence electrons. The van der Waals surface area contributed by atoms with Crippen LogP contribution in [0.2, 0.25) is 0 Å². The first-order chi connectivity index (χ1) is 13.0. The van der Waals surface area contributed by atoms with Crippen molar-refractivity contribution in [3.63, 3.8) is 0 Å². The Morgan fingerprint density at radius 3 is 2.26 bits per heavy atom. The fourth-order valence-corrected chi connectivity index (χ4v) is 3.17. The molecule has 6 heteroatoms. The number of fused-ring (bicyclic) bond motifs is 1. The lowest BCUT2D eigenvalue weighted by Crippen LogP contribution is -2.61. The Kier molecular flexibility index (Phi) is 5.35. The highest BCUT2D eigenvalue weighted by Gasteiger charge is 2.61. The first-order valence-corrected chi connectivity index (χ1v) is 8.98. The average molecular weight is 369 g/mol. The average Bonchev–Trinajstić information content (AvgIpc) is 2.67. The maximum Gasteiger partial charge on any atom is 0.365 e. The monoisotopic (exact) mass is 369 g/mol. The number of nitrogens with one attached hydrogen (secondary N) is 1. The van der Waals surface area contributed by atoms with Crippen LogP contribution >= 0.6 is 0 Å². The second-order valence-electron chi connectivity index (χ2n) is 6.27. The maximum atomic E-state index is 13.0. The fourth-order valence-electron chi connectivity index (χ4n) is 3.17. The standard InChI is InChI=1S/C21H23NO5/c1-4-25-19(23)21(20(24)26-5-2)18(15-9-7-6-8-10-15)22-16-12-11-14(3)13-17(16)27-21/h6-13,18,22H,4-5H2,1-3H3. The van der Waals surface area contributed by atoms with E-state index in [9.17, 15) is 9.59 Å². The van der Waals surface area contributed by atoms with Crippen LogP contribution in [0.4, 0.5) is 5.69 Å². The Morgan fingerprint density at radius 2 is 1.67 bits per heavy atom. The molecule has 1 N–H and O–H groups in total. The minimum atomic E-state index is -1.98. The van der Waals surface area contributed by atoms with Gasteiger partial charge in [-0.2, -0.15) is 0 Å². The SMILES string of the molecule is CCOC(=O)C1(C(=O)OCC)Oc2cc(C)ccc2NC1c1ccccc1.